The Morgan fingerprint density at radius 3 is 2.37 bits per heavy atom. The molecule has 2 aromatic heterocycles. The van der Waals surface area contributed by atoms with Crippen LogP contribution in [0.1, 0.15) is 44.0 Å². The van der Waals surface area contributed by atoms with Crippen LogP contribution in [0.3, 0.4) is 0 Å². The molecule has 0 radical (unpaired) electrons. The molecule has 1 saturated heterocycles. The van der Waals surface area contributed by atoms with Crippen molar-refractivity contribution in [3.8, 4) is 5.69 Å². The van der Waals surface area contributed by atoms with Crippen molar-refractivity contribution in [3.63, 3.8) is 0 Å². The molecule has 3 aromatic rings. The maximum Gasteiger partial charge on any atom is 0.128 e. The van der Waals surface area contributed by atoms with Crippen LogP contribution in [0.15, 0.2) is 60.8 Å². The molecule has 0 spiro atoms. The third-order valence-corrected chi connectivity index (χ3v) is 5.88. The van der Waals surface area contributed by atoms with Gasteiger partial charge in [-0.3, -0.25) is 4.90 Å². The number of hydrogen-bond acceptors (Lipinski definition) is 4. The van der Waals surface area contributed by atoms with Crippen LogP contribution in [0.2, 0.25) is 0 Å². The molecule has 4 rings (SSSR count). The zero-order valence-corrected chi connectivity index (χ0v) is 18.2. The molecular weight excluding hydrogens is 370 g/mol. The minimum Gasteiger partial charge on any atom is -0.354 e. The van der Waals surface area contributed by atoms with E-state index in [9.17, 15) is 0 Å². The Hall–Kier alpha value is -2.66. The normalized spacial score (nSPS) is 15.1. The van der Waals surface area contributed by atoms with Crippen LogP contribution in [0.5, 0.6) is 0 Å². The molecule has 0 amide bonds. The topological polar surface area (TPSA) is 37.2 Å². The third-order valence-electron chi connectivity index (χ3n) is 5.88. The van der Waals surface area contributed by atoms with Crippen molar-refractivity contribution in [2.75, 3.05) is 37.6 Å². The van der Waals surface area contributed by atoms with Crippen LogP contribution in [-0.2, 0) is 6.42 Å². The first kappa shape index (κ1) is 20.6. The molecule has 0 unspecified atom stereocenters. The van der Waals surface area contributed by atoms with E-state index < -0.39 is 0 Å². The largest absolute Gasteiger partial charge is 0.354 e. The Bertz CT molecular complexity index is 896. The van der Waals surface area contributed by atoms with Crippen molar-refractivity contribution in [1.82, 2.24) is 19.7 Å². The molecule has 0 saturated carbocycles. The second-order valence-corrected chi connectivity index (χ2v) is 8.44. The highest BCUT2D eigenvalue weighted by Crippen LogP contribution is 2.21. The molecule has 5 heteroatoms. The van der Waals surface area contributed by atoms with Crippen molar-refractivity contribution in [2.24, 2.45) is 0 Å². The summed E-state index contributed by atoms with van der Waals surface area (Å²) >= 11 is 0. The standard InChI is InChI=1S/C25H33N5/c1-21(2)24-20-22(27-30(24)23-11-4-3-5-12-23)10-7-9-15-28-16-18-29(19-17-28)25-13-6-8-14-26-25/h3-6,8,11-14,20-21H,7,9-10,15-19H2,1-2H3. The summed E-state index contributed by atoms with van der Waals surface area (Å²) in [6.07, 6.45) is 5.33. The van der Waals surface area contributed by atoms with Crippen LogP contribution in [0.25, 0.3) is 5.69 Å². The lowest BCUT2D eigenvalue weighted by molar-refractivity contribution is 0.252. The fourth-order valence-electron chi connectivity index (χ4n) is 4.14. The molecule has 0 atom stereocenters. The molecule has 30 heavy (non-hydrogen) atoms. The summed E-state index contributed by atoms with van der Waals surface area (Å²) < 4.78 is 2.12. The molecule has 3 heterocycles. The van der Waals surface area contributed by atoms with Gasteiger partial charge in [0.25, 0.3) is 0 Å². The van der Waals surface area contributed by atoms with Crippen molar-refractivity contribution in [1.29, 1.82) is 0 Å². The number of piperazine rings is 1. The van der Waals surface area contributed by atoms with Gasteiger partial charge in [-0.1, -0.05) is 38.1 Å². The lowest BCUT2D eigenvalue weighted by Crippen LogP contribution is -2.46. The van der Waals surface area contributed by atoms with Crippen LogP contribution >= 0.6 is 0 Å². The van der Waals surface area contributed by atoms with Crippen molar-refractivity contribution < 1.29 is 0 Å². The van der Waals surface area contributed by atoms with E-state index in [1.165, 1.54) is 30.8 Å². The van der Waals surface area contributed by atoms with Crippen LogP contribution in [0, 0.1) is 0 Å². The number of aryl methyl sites for hydroxylation is 1. The zero-order valence-electron chi connectivity index (χ0n) is 18.2. The zero-order chi connectivity index (χ0) is 20.8. The molecule has 0 N–H and O–H groups in total. The Kier molecular flexibility index (Phi) is 6.80. The lowest BCUT2D eigenvalue weighted by atomic mass is 10.1. The van der Waals surface area contributed by atoms with E-state index in [4.69, 9.17) is 5.10 Å². The molecule has 1 aliphatic heterocycles. The Labute approximate surface area is 180 Å². The van der Waals surface area contributed by atoms with Crippen LogP contribution in [0.4, 0.5) is 5.82 Å². The highest BCUT2D eigenvalue weighted by molar-refractivity contribution is 5.38. The number of pyridine rings is 1. The van der Waals surface area contributed by atoms with E-state index in [2.05, 4.69) is 81.8 Å². The van der Waals surface area contributed by atoms with E-state index in [-0.39, 0.29) is 0 Å². The van der Waals surface area contributed by atoms with E-state index in [1.54, 1.807) is 0 Å². The average molecular weight is 404 g/mol. The van der Waals surface area contributed by atoms with Crippen LogP contribution < -0.4 is 4.90 Å². The smallest absolute Gasteiger partial charge is 0.128 e. The first-order valence-electron chi connectivity index (χ1n) is 11.2. The highest BCUT2D eigenvalue weighted by atomic mass is 15.3. The van der Waals surface area contributed by atoms with Gasteiger partial charge in [-0.25, -0.2) is 9.67 Å². The van der Waals surface area contributed by atoms with Gasteiger partial charge in [0.05, 0.1) is 11.4 Å². The van der Waals surface area contributed by atoms with Gasteiger partial charge in [0.1, 0.15) is 5.82 Å². The summed E-state index contributed by atoms with van der Waals surface area (Å²) in [5, 5.41) is 4.92. The molecule has 0 aliphatic carbocycles. The monoisotopic (exact) mass is 403 g/mol. The number of aromatic nitrogens is 3. The number of anilines is 1. The molecule has 0 bridgehead atoms. The fraction of sp³-hybridized carbons (Fsp3) is 0.440. The van der Waals surface area contributed by atoms with Gasteiger partial charge in [0.2, 0.25) is 0 Å². The first-order chi connectivity index (χ1) is 14.7. The van der Waals surface area contributed by atoms with Gasteiger partial charge in [0.15, 0.2) is 0 Å². The van der Waals surface area contributed by atoms with Crippen LogP contribution in [-0.4, -0.2) is 52.4 Å². The average Bonchev–Trinajstić information content (AvgIpc) is 3.23. The number of benzene rings is 1. The Morgan fingerprint density at radius 1 is 0.900 bits per heavy atom. The Balaban J connectivity index is 1.24. The lowest BCUT2D eigenvalue weighted by Gasteiger charge is -2.35. The maximum absolute atomic E-state index is 4.92. The third kappa shape index (κ3) is 5.08. The molecule has 1 aromatic carbocycles. The second-order valence-electron chi connectivity index (χ2n) is 8.44. The van der Waals surface area contributed by atoms with Gasteiger partial charge in [0, 0.05) is 38.1 Å². The van der Waals surface area contributed by atoms with Crippen molar-refractivity contribution in [3.05, 3.63) is 72.2 Å². The van der Waals surface area contributed by atoms with Gasteiger partial charge in [-0.2, -0.15) is 5.10 Å². The van der Waals surface area contributed by atoms with E-state index >= 15 is 0 Å². The van der Waals surface area contributed by atoms with Gasteiger partial charge in [-0.05, 0) is 62.1 Å². The summed E-state index contributed by atoms with van der Waals surface area (Å²) in [7, 11) is 0. The van der Waals surface area contributed by atoms with E-state index in [0.29, 0.717) is 5.92 Å². The number of unbranched alkanes of at least 4 members (excludes halogenated alkanes) is 1. The quantitative estimate of drug-likeness (QED) is 0.518. The summed E-state index contributed by atoms with van der Waals surface area (Å²) in [6.45, 7) is 10.0. The van der Waals surface area contributed by atoms with E-state index in [1.807, 2.05) is 12.3 Å². The number of para-hydroxylation sites is 1. The SMILES string of the molecule is CC(C)c1cc(CCCCN2CCN(c3ccccn3)CC2)nn1-c1ccccc1. The number of rotatable bonds is 8. The van der Waals surface area contributed by atoms with E-state index in [0.717, 1.165) is 44.1 Å². The highest BCUT2D eigenvalue weighted by Gasteiger charge is 2.17. The van der Waals surface area contributed by atoms with Gasteiger partial charge >= 0.3 is 0 Å². The van der Waals surface area contributed by atoms with Crippen molar-refractivity contribution >= 4 is 5.82 Å². The number of hydrogen-bond donors (Lipinski definition) is 0. The minimum absolute atomic E-state index is 0.460. The first-order valence-corrected chi connectivity index (χ1v) is 11.2. The predicted molar refractivity (Wildman–Crippen MR) is 123 cm³/mol. The molecule has 158 valence electrons. The molecular formula is C25H33N5. The molecule has 1 fully saturated rings. The summed E-state index contributed by atoms with van der Waals surface area (Å²) in [5.74, 6) is 1.56. The second kappa shape index (κ2) is 9.90. The summed E-state index contributed by atoms with van der Waals surface area (Å²) in [4.78, 5) is 9.45. The van der Waals surface area contributed by atoms with Gasteiger partial charge in [-0.15, -0.1) is 0 Å². The maximum atomic E-state index is 4.92. The molecule has 5 nitrogen and oxygen atoms in total. The Morgan fingerprint density at radius 2 is 1.67 bits per heavy atom. The summed E-state index contributed by atoms with van der Waals surface area (Å²) in [5.41, 5.74) is 3.66. The summed E-state index contributed by atoms with van der Waals surface area (Å²) in [6, 6.07) is 18.9. The fourth-order valence-corrected chi connectivity index (χ4v) is 4.14. The minimum atomic E-state index is 0.460. The predicted octanol–water partition coefficient (Wildman–Crippen LogP) is 4.54. The number of nitrogens with zero attached hydrogens (tertiary/aromatic N) is 5. The molecule has 1 aliphatic rings. The van der Waals surface area contributed by atoms with Gasteiger partial charge < -0.3 is 4.90 Å². The van der Waals surface area contributed by atoms with Crippen molar-refractivity contribution in [2.45, 2.75) is 39.0 Å².